The van der Waals surface area contributed by atoms with Gasteiger partial charge in [-0.2, -0.15) is 13.2 Å². The summed E-state index contributed by atoms with van der Waals surface area (Å²) in [7, 11) is 0. The van der Waals surface area contributed by atoms with Crippen molar-refractivity contribution in [2.24, 2.45) is 0 Å². The number of halogens is 6. The van der Waals surface area contributed by atoms with Crippen molar-refractivity contribution in [2.45, 2.75) is 6.18 Å². The molecule has 0 saturated heterocycles. The van der Waals surface area contributed by atoms with Gasteiger partial charge in [0.05, 0.1) is 10.0 Å². The van der Waals surface area contributed by atoms with Crippen LogP contribution < -0.4 is 0 Å². The highest BCUT2D eigenvalue weighted by Gasteiger charge is 2.36. The van der Waals surface area contributed by atoms with Crippen LogP contribution in [0.1, 0.15) is 5.56 Å². The van der Waals surface area contributed by atoms with Gasteiger partial charge in [-0.1, -0.05) is 0 Å². The lowest BCUT2D eigenvalue weighted by atomic mass is 10.2. The van der Waals surface area contributed by atoms with Gasteiger partial charge in [-0.3, -0.25) is 0 Å². The second kappa shape index (κ2) is 3.72. The predicted octanol–water partition coefficient (Wildman–Crippen LogP) is 4.21. The lowest BCUT2D eigenvalue weighted by Crippen LogP contribution is -2.09. The van der Waals surface area contributed by atoms with Crippen molar-refractivity contribution in [1.29, 1.82) is 0 Å². The van der Waals surface area contributed by atoms with Gasteiger partial charge in [0.1, 0.15) is 5.82 Å². The zero-order chi connectivity index (χ0) is 10.2. The SMILES string of the molecule is Fc1ccc(I)c(C(F)(F)F)c1Br. The predicted molar refractivity (Wildman–Crippen MR) is 51.8 cm³/mol. The van der Waals surface area contributed by atoms with Crippen LogP contribution in [0.25, 0.3) is 0 Å². The highest BCUT2D eigenvalue weighted by Crippen LogP contribution is 2.38. The van der Waals surface area contributed by atoms with E-state index in [0.717, 1.165) is 12.1 Å². The quantitative estimate of drug-likeness (QED) is 0.365. The normalized spacial score (nSPS) is 11.8. The molecule has 0 atom stereocenters. The average molecular weight is 369 g/mol. The molecule has 0 heterocycles. The lowest BCUT2D eigenvalue weighted by Gasteiger charge is -2.11. The fourth-order valence-corrected chi connectivity index (χ4v) is 2.48. The molecule has 0 radical (unpaired) electrons. The van der Waals surface area contributed by atoms with Crippen molar-refractivity contribution in [1.82, 2.24) is 0 Å². The van der Waals surface area contributed by atoms with E-state index in [2.05, 4.69) is 15.9 Å². The summed E-state index contributed by atoms with van der Waals surface area (Å²) in [6, 6.07) is 2.07. The third-order valence-corrected chi connectivity index (χ3v) is 3.00. The number of hydrogen-bond acceptors (Lipinski definition) is 0. The zero-order valence-corrected chi connectivity index (χ0v) is 9.67. The van der Waals surface area contributed by atoms with Crippen LogP contribution in [0.5, 0.6) is 0 Å². The largest absolute Gasteiger partial charge is 0.418 e. The van der Waals surface area contributed by atoms with Gasteiger partial charge in [0, 0.05) is 3.57 Å². The Balaban J connectivity index is 3.43. The molecule has 1 aromatic rings. The van der Waals surface area contributed by atoms with Crippen LogP contribution in [0, 0.1) is 9.39 Å². The van der Waals surface area contributed by atoms with Crippen molar-refractivity contribution in [3.05, 3.63) is 31.6 Å². The van der Waals surface area contributed by atoms with E-state index in [1.54, 1.807) is 0 Å². The Morgan fingerprint density at radius 1 is 1.23 bits per heavy atom. The van der Waals surface area contributed by atoms with Crippen LogP contribution in [0.15, 0.2) is 16.6 Å². The van der Waals surface area contributed by atoms with E-state index in [1.807, 2.05) is 0 Å². The van der Waals surface area contributed by atoms with Gasteiger partial charge in [0.2, 0.25) is 0 Å². The van der Waals surface area contributed by atoms with Crippen LogP contribution in [0.2, 0.25) is 0 Å². The molecule has 0 fully saturated rings. The maximum absolute atomic E-state index is 12.7. The van der Waals surface area contributed by atoms with Crippen LogP contribution >= 0.6 is 38.5 Å². The molecule has 0 aromatic heterocycles. The average Bonchev–Trinajstić information content (AvgIpc) is 1.95. The summed E-state index contributed by atoms with van der Waals surface area (Å²) >= 11 is 4.08. The van der Waals surface area contributed by atoms with Crippen LogP contribution in [-0.2, 0) is 6.18 Å². The second-order valence-corrected chi connectivity index (χ2v) is 4.17. The molecule has 13 heavy (non-hydrogen) atoms. The first-order valence-corrected chi connectivity index (χ1v) is 4.92. The van der Waals surface area contributed by atoms with Gasteiger partial charge >= 0.3 is 6.18 Å². The van der Waals surface area contributed by atoms with E-state index in [4.69, 9.17) is 0 Å². The number of rotatable bonds is 0. The first-order valence-electron chi connectivity index (χ1n) is 3.04. The maximum atomic E-state index is 12.7. The van der Waals surface area contributed by atoms with Crippen LogP contribution in [0.4, 0.5) is 17.6 Å². The zero-order valence-electron chi connectivity index (χ0n) is 5.92. The fourth-order valence-electron chi connectivity index (χ4n) is 0.787. The number of benzene rings is 1. The summed E-state index contributed by atoms with van der Waals surface area (Å²) in [4.78, 5) is 0. The standard InChI is InChI=1S/C7H2BrF4I/c8-6-3(9)1-2-4(13)5(6)7(10,11)12/h1-2H. The summed E-state index contributed by atoms with van der Waals surface area (Å²) in [6.45, 7) is 0. The van der Waals surface area contributed by atoms with E-state index >= 15 is 0 Å². The minimum Gasteiger partial charge on any atom is -0.206 e. The molecule has 0 amide bonds. The molecule has 0 spiro atoms. The van der Waals surface area contributed by atoms with Crippen molar-refractivity contribution in [2.75, 3.05) is 0 Å². The molecule has 0 aliphatic carbocycles. The molecule has 0 N–H and O–H groups in total. The van der Waals surface area contributed by atoms with E-state index in [0.29, 0.717) is 0 Å². The maximum Gasteiger partial charge on any atom is 0.418 e. The number of alkyl halides is 3. The molecule has 0 nitrogen and oxygen atoms in total. The molecule has 72 valence electrons. The molecule has 6 heteroatoms. The molecule has 0 bridgehead atoms. The third-order valence-electron chi connectivity index (χ3n) is 1.33. The molecule has 1 aromatic carbocycles. The minimum atomic E-state index is -4.53. The van der Waals surface area contributed by atoms with Crippen molar-refractivity contribution in [3.63, 3.8) is 0 Å². The molecule has 0 saturated carbocycles. The Bertz CT molecular complexity index is 334. The Hall–Kier alpha value is 0.150. The van der Waals surface area contributed by atoms with E-state index in [9.17, 15) is 17.6 Å². The summed E-state index contributed by atoms with van der Waals surface area (Å²) in [5.74, 6) is -0.909. The minimum absolute atomic E-state index is 0.0293. The first kappa shape index (κ1) is 11.2. The molecule has 0 aliphatic rings. The van der Waals surface area contributed by atoms with E-state index < -0.39 is 22.0 Å². The molecular formula is C7H2BrF4I. The molecule has 1 rings (SSSR count). The summed E-state index contributed by atoms with van der Waals surface area (Å²) in [6.07, 6.45) is -4.53. The smallest absolute Gasteiger partial charge is 0.206 e. The number of hydrogen-bond donors (Lipinski definition) is 0. The van der Waals surface area contributed by atoms with Crippen LogP contribution in [-0.4, -0.2) is 0 Å². The highest BCUT2D eigenvalue weighted by molar-refractivity contribution is 14.1. The summed E-state index contributed by atoms with van der Waals surface area (Å²) in [5, 5.41) is 0. The summed E-state index contributed by atoms with van der Waals surface area (Å²) in [5.41, 5.74) is -0.965. The van der Waals surface area contributed by atoms with Crippen molar-refractivity contribution in [3.8, 4) is 0 Å². The summed E-state index contributed by atoms with van der Waals surface area (Å²) < 4.78 is 49.0. The van der Waals surface area contributed by atoms with E-state index in [1.165, 1.54) is 22.6 Å². The molecule has 0 aliphatic heterocycles. The Labute approximate surface area is 93.6 Å². The van der Waals surface area contributed by atoms with E-state index in [-0.39, 0.29) is 3.57 Å². The van der Waals surface area contributed by atoms with Crippen molar-refractivity contribution >= 4 is 38.5 Å². The highest BCUT2D eigenvalue weighted by atomic mass is 127. The van der Waals surface area contributed by atoms with Gasteiger partial charge in [-0.05, 0) is 50.7 Å². The first-order chi connectivity index (χ1) is 5.84. The molecular weight excluding hydrogens is 367 g/mol. The lowest BCUT2D eigenvalue weighted by molar-refractivity contribution is -0.139. The van der Waals surface area contributed by atoms with Crippen LogP contribution in [0.3, 0.4) is 0 Å². The topological polar surface area (TPSA) is 0 Å². The molecule has 0 unspecified atom stereocenters. The van der Waals surface area contributed by atoms with Gasteiger partial charge in [0.15, 0.2) is 0 Å². The van der Waals surface area contributed by atoms with Gasteiger partial charge in [0.25, 0.3) is 0 Å². The second-order valence-electron chi connectivity index (χ2n) is 2.22. The van der Waals surface area contributed by atoms with Gasteiger partial charge < -0.3 is 0 Å². The fraction of sp³-hybridized carbons (Fsp3) is 0.143. The van der Waals surface area contributed by atoms with Gasteiger partial charge in [-0.25, -0.2) is 4.39 Å². The Morgan fingerprint density at radius 2 is 1.77 bits per heavy atom. The third kappa shape index (κ3) is 2.34. The Kier molecular flexibility index (Phi) is 3.21. The monoisotopic (exact) mass is 368 g/mol. The Morgan fingerprint density at radius 3 is 2.15 bits per heavy atom. The van der Waals surface area contributed by atoms with Gasteiger partial charge in [-0.15, -0.1) is 0 Å². The van der Waals surface area contributed by atoms with Crippen molar-refractivity contribution < 1.29 is 17.6 Å².